The van der Waals surface area contributed by atoms with Gasteiger partial charge in [0.05, 0.1) is 0 Å². The van der Waals surface area contributed by atoms with E-state index >= 15 is 0 Å². The second-order valence-corrected chi connectivity index (χ2v) is 6.34. The van der Waals surface area contributed by atoms with Crippen molar-refractivity contribution in [2.45, 2.75) is 64.8 Å². The molecule has 0 unspecified atom stereocenters. The highest BCUT2D eigenvalue weighted by atomic mass is 16.4. The summed E-state index contributed by atoms with van der Waals surface area (Å²) in [6, 6.07) is 0.228. The highest BCUT2D eigenvalue weighted by Gasteiger charge is 2.34. The Hall–Kier alpha value is -1.32. The van der Waals surface area contributed by atoms with Gasteiger partial charge in [0.1, 0.15) is 0 Å². The summed E-state index contributed by atoms with van der Waals surface area (Å²) in [7, 11) is 0. The summed E-state index contributed by atoms with van der Waals surface area (Å²) in [4.78, 5) is 23.7. The standard InChI is InChI=1S/C16H25NO3/c1-10-8-13(14(16(19)20)9-11(10)2)15(18)17-12-6-4-3-5-7-12/h12-14H,3-9H2,1-2H3,(H,17,18)(H,19,20)/p-1/t13-,14-/m0/s1. The number of hydrogen-bond acceptors (Lipinski definition) is 3. The molecule has 2 atom stereocenters. The van der Waals surface area contributed by atoms with Crippen LogP contribution in [0.25, 0.3) is 0 Å². The van der Waals surface area contributed by atoms with Crippen LogP contribution in [0.15, 0.2) is 11.1 Å². The van der Waals surface area contributed by atoms with Crippen molar-refractivity contribution in [3.05, 3.63) is 11.1 Å². The number of carbonyl (C=O) groups is 2. The first-order valence-electron chi connectivity index (χ1n) is 7.65. The molecule has 4 nitrogen and oxygen atoms in total. The molecule has 20 heavy (non-hydrogen) atoms. The first-order valence-corrected chi connectivity index (χ1v) is 7.65. The normalized spacial score (nSPS) is 28.3. The molecule has 4 heteroatoms. The first-order chi connectivity index (χ1) is 9.49. The molecule has 2 rings (SSSR count). The molecule has 1 amide bonds. The van der Waals surface area contributed by atoms with Gasteiger partial charge in [-0.25, -0.2) is 0 Å². The zero-order chi connectivity index (χ0) is 14.7. The van der Waals surface area contributed by atoms with Crippen LogP contribution in [0.5, 0.6) is 0 Å². The van der Waals surface area contributed by atoms with Crippen molar-refractivity contribution in [2.24, 2.45) is 11.8 Å². The molecular formula is C16H24NO3-. The zero-order valence-corrected chi connectivity index (χ0v) is 12.4. The predicted octanol–water partition coefficient (Wildman–Crippen LogP) is 1.55. The number of aliphatic carboxylic acids is 1. The molecule has 0 spiro atoms. The van der Waals surface area contributed by atoms with Gasteiger partial charge >= 0.3 is 0 Å². The van der Waals surface area contributed by atoms with Crippen molar-refractivity contribution in [3.63, 3.8) is 0 Å². The van der Waals surface area contributed by atoms with Crippen LogP contribution in [0, 0.1) is 11.8 Å². The van der Waals surface area contributed by atoms with Crippen LogP contribution >= 0.6 is 0 Å². The third-order valence-electron chi connectivity index (χ3n) is 4.86. The summed E-state index contributed by atoms with van der Waals surface area (Å²) in [6.07, 6.45) is 6.55. The van der Waals surface area contributed by atoms with Crippen LogP contribution in [0.4, 0.5) is 0 Å². The lowest BCUT2D eigenvalue weighted by Crippen LogP contribution is -2.47. The minimum absolute atomic E-state index is 0.0991. The fourth-order valence-corrected chi connectivity index (χ4v) is 3.37. The summed E-state index contributed by atoms with van der Waals surface area (Å²) < 4.78 is 0. The monoisotopic (exact) mass is 278 g/mol. The molecule has 2 aliphatic rings. The highest BCUT2D eigenvalue weighted by molar-refractivity contribution is 5.85. The van der Waals surface area contributed by atoms with Gasteiger partial charge in [-0.15, -0.1) is 0 Å². The first kappa shape index (κ1) is 15.1. The molecule has 0 saturated heterocycles. The number of hydrogen-bond donors (Lipinski definition) is 1. The van der Waals surface area contributed by atoms with Gasteiger partial charge in [0.25, 0.3) is 0 Å². The van der Waals surface area contributed by atoms with Crippen LogP contribution in [-0.2, 0) is 9.59 Å². The van der Waals surface area contributed by atoms with Crippen molar-refractivity contribution in [3.8, 4) is 0 Å². The Morgan fingerprint density at radius 2 is 1.55 bits per heavy atom. The third kappa shape index (κ3) is 3.41. The average molecular weight is 278 g/mol. The number of carbonyl (C=O) groups excluding carboxylic acids is 2. The molecule has 0 aliphatic heterocycles. The van der Waals surface area contributed by atoms with E-state index in [0.717, 1.165) is 36.8 Å². The van der Waals surface area contributed by atoms with Crippen molar-refractivity contribution >= 4 is 11.9 Å². The van der Waals surface area contributed by atoms with Crippen LogP contribution in [0.2, 0.25) is 0 Å². The molecular weight excluding hydrogens is 254 g/mol. The van der Waals surface area contributed by atoms with Gasteiger partial charge in [-0.2, -0.15) is 0 Å². The van der Waals surface area contributed by atoms with Crippen LogP contribution in [0.1, 0.15) is 58.8 Å². The van der Waals surface area contributed by atoms with Crippen molar-refractivity contribution in [2.75, 3.05) is 0 Å². The van der Waals surface area contributed by atoms with Gasteiger partial charge in [0.2, 0.25) is 5.91 Å². The van der Waals surface area contributed by atoms with E-state index in [9.17, 15) is 14.7 Å². The summed E-state index contributed by atoms with van der Waals surface area (Å²) in [5.74, 6) is -2.34. The van der Waals surface area contributed by atoms with Crippen molar-refractivity contribution in [1.82, 2.24) is 5.32 Å². The van der Waals surface area contributed by atoms with Gasteiger partial charge in [-0.05, 0) is 39.5 Å². The third-order valence-corrected chi connectivity index (χ3v) is 4.86. The Morgan fingerprint density at radius 3 is 2.10 bits per heavy atom. The number of carboxylic acid groups (broad SMARTS) is 1. The van der Waals surface area contributed by atoms with Gasteiger partial charge < -0.3 is 15.2 Å². The van der Waals surface area contributed by atoms with Gasteiger partial charge in [0, 0.05) is 23.8 Å². The Bertz CT molecular complexity index is 421. The summed E-state index contributed by atoms with van der Waals surface area (Å²) >= 11 is 0. The maximum atomic E-state index is 12.4. The average Bonchev–Trinajstić information content (AvgIpc) is 2.42. The molecule has 112 valence electrons. The smallest absolute Gasteiger partial charge is 0.224 e. The SMILES string of the molecule is CC1=C(C)C[C@H](C(=O)NC2CCCCC2)[C@@H](C(=O)[O-])C1. The largest absolute Gasteiger partial charge is 0.550 e. The van der Waals surface area contributed by atoms with E-state index in [1.807, 2.05) is 13.8 Å². The van der Waals surface area contributed by atoms with Crippen LogP contribution in [-0.4, -0.2) is 17.9 Å². The number of nitrogens with one attached hydrogen (secondary N) is 1. The Labute approximate surface area is 120 Å². The van der Waals surface area contributed by atoms with E-state index in [0.29, 0.717) is 12.8 Å². The lowest BCUT2D eigenvalue weighted by Gasteiger charge is -2.34. The predicted molar refractivity (Wildman–Crippen MR) is 74.6 cm³/mol. The van der Waals surface area contributed by atoms with Crippen molar-refractivity contribution in [1.29, 1.82) is 0 Å². The number of rotatable bonds is 3. The van der Waals surface area contributed by atoms with Crippen LogP contribution in [0.3, 0.4) is 0 Å². The van der Waals surface area contributed by atoms with Gasteiger partial charge in [-0.3, -0.25) is 4.79 Å². The lowest BCUT2D eigenvalue weighted by atomic mass is 9.76. The maximum absolute atomic E-state index is 12.4. The minimum atomic E-state index is -1.10. The highest BCUT2D eigenvalue weighted by Crippen LogP contribution is 2.34. The fourth-order valence-electron chi connectivity index (χ4n) is 3.37. The topological polar surface area (TPSA) is 69.2 Å². The zero-order valence-electron chi connectivity index (χ0n) is 12.4. The van der Waals surface area contributed by atoms with Gasteiger partial charge in [-0.1, -0.05) is 30.4 Å². The maximum Gasteiger partial charge on any atom is 0.224 e. The molecule has 1 N–H and O–H groups in total. The lowest BCUT2D eigenvalue weighted by molar-refractivity contribution is -0.313. The molecule has 0 radical (unpaired) electrons. The Kier molecular flexibility index (Phi) is 4.84. The molecule has 0 aromatic rings. The minimum Gasteiger partial charge on any atom is -0.550 e. The molecule has 2 aliphatic carbocycles. The molecule has 0 heterocycles. The summed E-state index contributed by atoms with van der Waals surface area (Å²) in [5.41, 5.74) is 2.23. The van der Waals surface area contributed by atoms with E-state index in [1.54, 1.807) is 0 Å². The van der Waals surface area contributed by atoms with E-state index < -0.39 is 17.8 Å². The Morgan fingerprint density at radius 1 is 1.00 bits per heavy atom. The number of amides is 1. The number of allylic oxidation sites excluding steroid dienone is 2. The van der Waals surface area contributed by atoms with E-state index in [4.69, 9.17) is 0 Å². The second-order valence-electron chi connectivity index (χ2n) is 6.34. The van der Waals surface area contributed by atoms with Crippen LogP contribution < -0.4 is 10.4 Å². The number of carboxylic acids is 1. The summed E-state index contributed by atoms with van der Waals surface area (Å²) in [6.45, 7) is 3.93. The molecule has 0 aromatic carbocycles. The molecule has 1 saturated carbocycles. The van der Waals surface area contributed by atoms with Gasteiger partial charge in [0.15, 0.2) is 0 Å². The Balaban J connectivity index is 2.04. The van der Waals surface area contributed by atoms with E-state index in [-0.39, 0.29) is 11.9 Å². The van der Waals surface area contributed by atoms with E-state index in [2.05, 4.69) is 5.32 Å². The molecule has 0 bridgehead atoms. The summed E-state index contributed by atoms with van der Waals surface area (Å²) in [5, 5.41) is 14.4. The van der Waals surface area contributed by atoms with Crippen molar-refractivity contribution < 1.29 is 14.7 Å². The quantitative estimate of drug-likeness (QED) is 0.796. The van der Waals surface area contributed by atoms with E-state index in [1.165, 1.54) is 6.42 Å². The second kappa shape index (κ2) is 6.42. The molecule has 1 fully saturated rings. The fraction of sp³-hybridized carbons (Fsp3) is 0.750. The molecule has 0 aromatic heterocycles.